The van der Waals surface area contributed by atoms with E-state index in [0.29, 0.717) is 22.7 Å². The van der Waals surface area contributed by atoms with Crippen molar-refractivity contribution in [3.63, 3.8) is 0 Å². The maximum Gasteiger partial charge on any atom is 1.00 e. The number of phenolic OH excluding ortho intramolecular Hbond substituents is 2. The number of aromatic hydroxyl groups is 2. The number of nitrogens with one attached hydrogen (secondary N) is 1. The van der Waals surface area contributed by atoms with Crippen LogP contribution in [0.2, 0.25) is 0 Å². The number of azo groups is 2. The van der Waals surface area contributed by atoms with Crippen molar-refractivity contribution in [3.05, 3.63) is 109 Å². The summed E-state index contributed by atoms with van der Waals surface area (Å²) in [5, 5.41) is 41.3. The Balaban J connectivity index is 0.00000270. The summed E-state index contributed by atoms with van der Waals surface area (Å²) in [6.07, 6.45) is 0. The van der Waals surface area contributed by atoms with Crippen LogP contribution in [0, 0.1) is 0 Å². The molecule has 0 spiro atoms. The van der Waals surface area contributed by atoms with Gasteiger partial charge in [-0.3, -0.25) is 0 Å². The van der Waals surface area contributed by atoms with E-state index in [1.165, 1.54) is 24.3 Å². The van der Waals surface area contributed by atoms with Gasteiger partial charge < -0.3 is 24.6 Å². The fourth-order valence-corrected chi connectivity index (χ4v) is 6.10. The smallest absolute Gasteiger partial charge is 0.744 e. The Kier molecular flexibility index (Phi) is 12.0. The Morgan fingerprint density at radius 1 is 0.510 bits per heavy atom. The minimum Gasteiger partial charge on any atom is -0.744 e. The fraction of sp³-hybridized carbons (Fsp3) is 0. The summed E-state index contributed by atoms with van der Waals surface area (Å²) in [5.74, 6) is -1.12. The summed E-state index contributed by atoms with van der Waals surface area (Å²) in [5.41, 5.74) is 0.516. The van der Waals surface area contributed by atoms with Crippen LogP contribution in [0.15, 0.2) is 139 Å². The van der Waals surface area contributed by atoms with Crippen molar-refractivity contribution in [2.45, 2.75) is 9.79 Å². The topological polar surface area (TPSA) is 216 Å². The summed E-state index contributed by atoms with van der Waals surface area (Å²) in [7, 11) is -10.2. The molecule has 0 radical (unpaired) electrons. The van der Waals surface area contributed by atoms with Crippen molar-refractivity contribution >= 4 is 75.9 Å². The second-order valence-electron chi connectivity index (χ2n) is 10.1. The molecule has 0 fully saturated rings. The molecule has 0 aromatic heterocycles. The van der Waals surface area contributed by atoms with Gasteiger partial charge in [0, 0.05) is 22.1 Å². The molecule has 17 heteroatoms. The Morgan fingerprint density at radius 2 is 0.878 bits per heavy atom. The van der Waals surface area contributed by atoms with Gasteiger partial charge in [0.25, 0.3) is 0 Å². The molecular formula is C32H21N5Na2O8S2. The molecule has 0 saturated heterocycles. The molecule has 0 saturated carbocycles. The van der Waals surface area contributed by atoms with Gasteiger partial charge in [-0.1, -0.05) is 36.4 Å². The van der Waals surface area contributed by atoms with Crippen LogP contribution in [0.5, 0.6) is 11.5 Å². The number of benzene rings is 6. The number of hydrogen-bond donors (Lipinski definition) is 3. The van der Waals surface area contributed by atoms with E-state index in [-0.39, 0.29) is 80.7 Å². The van der Waals surface area contributed by atoms with E-state index >= 15 is 0 Å². The first kappa shape index (κ1) is 38.1. The molecular weight excluding hydrogens is 692 g/mol. The van der Waals surface area contributed by atoms with Crippen molar-refractivity contribution in [1.29, 1.82) is 0 Å². The predicted molar refractivity (Wildman–Crippen MR) is 172 cm³/mol. The zero-order chi connectivity index (χ0) is 33.3. The zero-order valence-electron chi connectivity index (χ0n) is 25.8. The molecule has 0 aliphatic carbocycles. The number of phenols is 2. The molecule has 0 aliphatic heterocycles. The molecule has 49 heavy (non-hydrogen) atoms. The number of anilines is 2. The number of rotatable bonds is 8. The summed E-state index contributed by atoms with van der Waals surface area (Å²) < 4.78 is 72.9. The molecule has 0 unspecified atom stereocenters. The number of hydrogen-bond acceptors (Lipinski definition) is 13. The largest absolute Gasteiger partial charge is 1.00 e. The first-order valence-electron chi connectivity index (χ1n) is 13.6. The third kappa shape index (κ3) is 8.53. The van der Waals surface area contributed by atoms with Crippen molar-refractivity contribution < 1.29 is 95.3 Å². The fourth-order valence-electron chi connectivity index (χ4n) is 4.80. The second-order valence-corrected chi connectivity index (χ2v) is 12.8. The van der Waals surface area contributed by atoms with Crippen molar-refractivity contribution in [1.82, 2.24) is 0 Å². The van der Waals surface area contributed by atoms with Crippen LogP contribution in [0.25, 0.3) is 21.5 Å². The van der Waals surface area contributed by atoms with E-state index in [0.717, 1.165) is 12.1 Å². The zero-order valence-corrected chi connectivity index (χ0v) is 31.5. The van der Waals surface area contributed by atoms with Gasteiger partial charge in [-0.15, -0.1) is 10.2 Å². The summed E-state index contributed by atoms with van der Waals surface area (Å²) in [4.78, 5) is -1.54. The normalized spacial score (nSPS) is 11.9. The molecule has 0 amide bonds. The predicted octanol–water partition coefficient (Wildman–Crippen LogP) is 1.79. The van der Waals surface area contributed by atoms with Crippen LogP contribution >= 0.6 is 0 Å². The average molecular weight is 714 g/mol. The third-order valence-corrected chi connectivity index (χ3v) is 8.67. The molecule has 0 bridgehead atoms. The summed E-state index contributed by atoms with van der Waals surface area (Å²) in [6.45, 7) is 0. The molecule has 6 aromatic rings. The molecule has 236 valence electrons. The van der Waals surface area contributed by atoms with Crippen molar-refractivity contribution in [3.8, 4) is 11.5 Å². The van der Waals surface area contributed by atoms with Crippen LogP contribution in [-0.2, 0) is 20.2 Å². The van der Waals surface area contributed by atoms with E-state index < -0.39 is 52.9 Å². The molecule has 6 aromatic carbocycles. The van der Waals surface area contributed by atoms with Gasteiger partial charge in [-0.25, -0.2) is 16.8 Å². The number of fused-ring (bicyclic) bond motifs is 2. The first-order chi connectivity index (χ1) is 22.4. The van der Waals surface area contributed by atoms with Crippen molar-refractivity contribution in [2.75, 3.05) is 5.32 Å². The van der Waals surface area contributed by atoms with E-state index in [2.05, 4.69) is 25.8 Å². The summed E-state index contributed by atoms with van der Waals surface area (Å²) in [6, 6.07) is 27.9. The molecule has 3 N–H and O–H groups in total. The van der Waals surface area contributed by atoms with Gasteiger partial charge in [0.05, 0.1) is 21.2 Å². The molecule has 0 atom stereocenters. The van der Waals surface area contributed by atoms with Crippen LogP contribution in [0.1, 0.15) is 0 Å². The summed E-state index contributed by atoms with van der Waals surface area (Å²) >= 11 is 0. The van der Waals surface area contributed by atoms with Crippen LogP contribution in [0.3, 0.4) is 0 Å². The Morgan fingerprint density at radius 3 is 1.22 bits per heavy atom. The van der Waals surface area contributed by atoms with Crippen molar-refractivity contribution in [2.24, 2.45) is 20.5 Å². The molecule has 13 nitrogen and oxygen atoms in total. The van der Waals surface area contributed by atoms with Crippen LogP contribution < -0.4 is 64.4 Å². The van der Waals surface area contributed by atoms with Gasteiger partial charge in [-0.05, 0) is 83.6 Å². The van der Waals surface area contributed by atoms with Gasteiger partial charge in [0.15, 0.2) is 11.5 Å². The van der Waals surface area contributed by atoms with E-state index in [4.69, 9.17) is 0 Å². The van der Waals surface area contributed by atoms with E-state index in [1.807, 2.05) is 0 Å². The average Bonchev–Trinajstić information content (AvgIpc) is 3.03. The van der Waals surface area contributed by atoms with Crippen LogP contribution in [-0.4, -0.2) is 36.2 Å². The van der Waals surface area contributed by atoms with Gasteiger partial charge in [0.1, 0.15) is 31.6 Å². The molecule has 0 heterocycles. The van der Waals surface area contributed by atoms with Gasteiger partial charge >= 0.3 is 59.1 Å². The standard InChI is InChI=1S/C32H23N5O8S2.2Na/c38-31-25-13-11-23(15-19(25)17-27(46(40,41)42)29(31)36-34-21-7-3-1-4-8-21)33-24-12-14-26-20(16-24)18-28(47(43,44)45)30(32(26)39)37-35-22-9-5-2-6-10-22;;/h1-18,33,38-39H,(H,40,41,42)(H,43,44,45);;/q;2*+1/p-2. The SMILES string of the molecule is O=S(=O)([O-])c1cc2cc(Nc3ccc4c(O)c(N=Nc5ccccc5)c(S(=O)(=O)[O-])cc4c3)ccc2c(O)c1N=Nc1ccccc1.[Na+].[Na+]. The minimum absolute atomic E-state index is 0. The van der Waals surface area contributed by atoms with Gasteiger partial charge in [-0.2, -0.15) is 10.2 Å². The molecule has 0 aliphatic rings. The molecule has 6 rings (SSSR count). The maximum absolute atomic E-state index is 12.1. The van der Waals surface area contributed by atoms with E-state index in [1.54, 1.807) is 72.8 Å². The monoisotopic (exact) mass is 713 g/mol. The minimum atomic E-state index is -5.09. The maximum atomic E-state index is 12.1. The Bertz CT molecular complexity index is 2300. The second kappa shape index (κ2) is 15.4. The quantitative estimate of drug-likeness (QED) is 0.119. The first-order valence-corrected chi connectivity index (χ1v) is 16.4. The third-order valence-electron chi connectivity index (χ3n) is 6.97. The van der Waals surface area contributed by atoms with Gasteiger partial charge in [0.2, 0.25) is 0 Å². The Labute approximate surface area is 324 Å². The Hall–Kier alpha value is -3.74. The van der Waals surface area contributed by atoms with E-state index in [9.17, 15) is 36.2 Å². The van der Waals surface area contributed by atoms with Crippen LogP contribution in [0.4, 0.5) is 34.1 Å². The number of nitrogens with zero attached hydrogens (tertiary/aromatic N) is 4.